The van der Waals surface area contributed by atoms with Crippen molar-refractivity contribution < 1.29 is 19.1 Å². The largest absolute Gasteiger partial charge is 0.478 e. The summed E-state index contributed by atoms with van der Waals surface area (Å²) in [7, 11) is 0. The molecule has 0 spiro atoms. The summed E-state index contributed by atoms with van der Waals surface area (Å²) in [6.45, 7) is 3.47. The van der Waals surface area contributed by atoms with Crippen molar-refractivity contribution >= 4 is 11.9 Å². The molecule has 1 saturated heterocycles. The van der Waals surface area contributed by atoms with E-state index in [0.29, 0.717) is 18.0 Å². The number of fused-ring (bicyclic) bond motifs is 2. The summed E-state index contributed by atoms with van der Waals surface area (Å²) < 4.78 is 14.6. The van der Waals surface area contributed by atoms with Gasteiger partial charge in [-0.2, -0.15) is 0 Å². The van der Waals surface area contributed by atoms with Crippen LogP contribution in [-0.2, 0) is 4.79 Å². The molecule has 2 saturated carbocycles. The molecule has 0 radical (unpaired) electrons. The van der Waals surface area contributed by atoms with Gasteiger partial charge in [0.25, 0.3) is 0 Å². The van der Waals surface area contributed by atoms with Crippen LogP contribution in [0.2, 0.25) is 0 Å². The van der Waals surface area contributed by atoms with E-state index >= 15 is 0 Å². The molecule has 1 heterocycles. The molecule has 1 aromatic rings. The monoisotopic (exact) mass is 331 g/mol. The number of hydrogen-bond acceptors (Lipinski definition) is 2. The molecule has 4 rings (SSSR count). The summed E-state index contributed by atoms with van der Waals surface area (Å²) in [6.07, 6.45) is 3.78. The Bertz CT molecular complexity index is 713. The fraction of sp³-hybridized carbons (Fsp3) is 0.579. The number of aromatic carboxylic acids is 1. The number of carbonyl (C=O) groups is 2. The molecule has 4 nitrogen and oxygen atoms in total. The van der Waals surface area contributed by atoms with Crippen molar-refractivity contribution in [3.8, 4) is 0 Å². The molecule has 1 aliphatic heterocycles. The lowest BCUT2D eigenvalue weighted by atomic mass is 9.87. The highest BCUT2D eigenvalue weighted by molar-refractivity contribution is 5.88. The first-order valence-electron chi connectivity index (χ1n) is 8.70. The zero-order valence-corrected chi connectivity index (χ0v) is 13.8. The molecule has 1 amide bonds. The Balaban J connectivity index is 1.58. The van der Waals surface area contributed by atoms with Crippen molar-refractivity contribution in [3.63, 3.8) is 0 Å². The van der Waals surface area contributed by atoms with Crippen LogP contribution in [0.4, 0.5) is 4.39 Å². The van der Waals surface area contributed by atoms with Gasteiger partial charge in [0.15, 0.2) is 0 Å². The van der Waals surface area contributed by atoms with Crippen LogP contribution >= 0.6 is 0 Å². The minimum atomic E-state index is -1.23. The first kappa shape index (κ1) is 15.6. The number of carbonyl (C=O) groups excluding carboxylic acids is 1. The Morgan fingerprint density at radius 2 is 2.00 bits per heavy atom. The van der Waals surface area contributed by atoms with Gasteiger partial charge in [0.05, 0.1) is 5.56 Å². The highest BCUT2D eigenvalue weighted by Gasteiger charge is 2.50. The molecule has 0 aromatic heterocycles. The molecule has 3 fully saturated rings. The first-order valence-corrected chi connectivity index (χ1v) is 8.70. The number of likely N-dealkylation sites (tertiary alicyclic amines) is 1. The van der Waals surface area contributed by atoms with Crippen molar-refractivity contribution in [2.45, 2.75) is 38.5 Å². The SMILES string of the molecule is CC1(C(=O)N2C[C@H]3C[C@H](C2)[C@@H](c2cccc(C(=O)O)c2F)C3)CC1. The van der Waals surface area contributed by atoms with Crippen molar-refractivity contribution in [3.05, 3.63) is 35.1 Å². The van der Waals surface area contributed by atoms with Crippen molar-refractivity contribution in [2.75, 3.05) is 13.1 Å². The lowest BCUT2D eigenvalue weighted by Gasteiger charge is -2.34. The predicted molar refractivity (Wildman–Crippen MR) is 86.2 cm³/mol. The maximum Gasteiger partial charge on any atom is 0.338 e. The number of benzene rings is 1. The third-order valence-corrected chi connectivity index (χ3v) is 6.19. The van der Waals surface area contributed by atoms with Gasteiger partial charge in [-0.25, -0.2) is 9.18 Å². The number of carboxylic acids is 1. The number of halogens is 1. The van der Waals surface area contributed by atoms with Crippen molar-refractivity contribution in [1.82, 2.24) is 4.90 Å². The number of amides is 1. The second-order valence-corrected chi connectivity index (χ2v) is 7.99. The Labute approximate surface area is 140 Å². The summed E-state index contributed by atoms with van der Waals surface area (Å²) in [5.41, 5.74) is 0.0857. The highest BCUT2D eigenvalue weighted by Crippen LogP contribution is 2.51. The molecule has 3 aliphatic rings. The minimum absolute atomic E-state index is 0.0131. The molecule has 0 unspecified atom stereocenters. The van der Waals surface area contributed by atoms with Gasteiger partial charge in [0, 0.05) is 18.5 Å². The average Bonchev–Trinajstić information content (AvgIpc) is 3.23. The van der Waals surface area contributed by atoms with Crippen LogP contribution < -0.4 is 0 Å². The number of hydrogen-bond donors (Lipinski definition) is 1. The molecule has 24 heavy (non-hydrogen) atoms. The van der Waals surface area contributed by atoms with Crippen LogP contribution in [0.3, 0.4) is 0 Å². The molecule has 2 bridgehead atoms. The third kappa shape index (κ3) is 2.41. The molecule has 3 atom stereocenters. The van der Waals surface area contributed by atoms with Gasteiger partial charge < -0.3 is 10.0 Å². The average molecular weight is 331 g/mol. The fourth-order valence-electron chi connectivity index (χ4n) is 4.59. The normalized spacial score (nSPS) is 30.2. The zero-order valence-electron chi connectivity index (χ0n) is 13.8. The smallest absolute Gasteiger partial charge is 0.338 e. The summed E-state index contributed by atoms with van der Waals surface area (Å²) in [5, 5.41) is 9.14. The van der Waals surface area contributed by atoms with Gasteiger partial charge in [-0.05, 0) is 55.1 Å². The molecule has 128 valence electrons. The summed E-state index contributed by atoms with van der Waals surface area (Å²) in [5.74, 6) is -0.943. The van der Waals surface area contributed by atoms with E-state index < -0.39 is 11.8 Å². The maximum atomic E-state index is 14.6. The molecule has 2 aliphatic carbocycles. The molecular formula is C19H22FNO3. The van der Waals surface area contributed by atoms with E-state index in [4.69, 9.17) is 5.11 Å². The van der Waals surface area contributed by atoms with Gasteiger partial charge in [0.2, 0.25) is 5.91 Å². The quantitative estimate of drug-likeness (QED) is 0.925. The van der Waals surface area contributed by atoms with Crippen LogP contribution in [0, 0.1) is 23.1 Å². The Morgan fingerprint density at radius 1 is 1.25 bits per heavy atom. The standard InChI is InChI=1S/C19H22FNO3/c1-19(5-6-19)18(24)21-9-11-7-12(10-21)15(8-11)13-3-2-4-14(16(13)20)17(22)23/h2-4,11-12,15H,5-10H2,1H3,(H,22,23)/t11-,12+,15-/m0/s1. The van der Waals surface area contributed by atoms with E-state index in [1.165, 1.54) is 6.07 Å². The van der Waals surface area contributed by atoms with E-state index in [1.54, 1.807) is 12.1 Å². The van der Waals surface area contributed by atoms with Gasteiger partial charge in [-0.15, -0.1) is 0 Å². The zero-order chi connectivity index (χ0) is 17.1. The second-order valence-electron chi connectivity index (χ2n) is 7.99. The Kier molecular flexibility index (Phi) is 3.44. The third-order valence-electron chi connectivity index (χ3n) is 6.19. The highest BCUT2D eigenvalue weighted by atomic mass is 19.1. The summed E-state index contributed by atoms with van der Waals surface area (Å²) in [6, 6.07) is 4.64. The summed E-state index contributed by atoms with van der Waals surface area (Å²) in [4.78, 5) is 25.8. The van der Waals surface area contributed by atoms with E-state index in [-0.39, 0.29) is 28.7 Å². The number of piperidine rings is 1. The van der Waals surface area contributed by atoms with Crippen LogP contribution in [0.5, 0.6) is 0 Å². The van der Waals surface area contributed by atoms with Gasteiger partial charge in [-0.1, -0.05) is 19.1 Å². The van der Waals surface area contributed by atoms with E-state index in [1.807, 2.05) is 11.8 Å². The second kappa shape index (κ2) is 5.30. The van der Waals surface area contributed by atoms with Gasteiger partial charge in [0.1, 0.15) is 5.82 Å². The molecule has 1 N–H and O–H groups in total. The minimum Gasteiger partial charge on any atom is -0.478 e. The molecular weight excluding hydrogens is 309 g/mol. The van der Waals surface area contributed by atoms with Crippen LogP contribution in [0.15, 0.2) is 18.2 Å². The van der Waals surface area contributed by atoms with Gasteiger partial charge in [-0.3, -0.25) is 4.79 Å². The summed E-state index contributed by atoms with van der Waals surface area (Å²) >= 11 is 0. The van der Waals surface area contributed by atoms with E-state index in [2.05, 4.69) is 0 Å². The van der Waals surface area contributed by atoms with Crippen molar-refractivity contribution in [2.24, 2.45) is 17.3 Å². The van der Waals surface area contributed by atoms with E-state index in [9.17, 15) is 14.0 Å². The lowest BCUT2D eigenvalue weighted by Crippen LogP contribution is -2.44. The number of nitrogens with zero attached hydrogens (tertiary/aromatic N) is 1. The molecule has 5 heteroatoms. The fourth-order valence-corrected chi connectivity index (χ4v) is 4.59. The van der Waals surface area contributed by atoms with Crippen LogP contribution in [0.1, 0.15) is 54.4 Å². The Morgan fingerprint density at radius 3 is 2.67 bits per heavy atom. The predicted octanol–water partition coefficient (Wildman–Crippen LogP) is 3.28. The van der Waals surface area contributed by atoms with Crippen molar-refractivity contribution in [1.29, 1.82) is 0 Å². The lowest BCUT2D eigenvalue weighted by molar-refractivity contribution is -0.138. The Hall–Kier alpha value is -1.91. The first-order chi connectivity index (χ1) is 11.4. The number of carboxylic acid groups (broad SMARTS) is 1. The topological polar surface area (TPSA) is 57.6 Å². The molecule has 1 aromatic carbocycles. The maximum absolute atomic E-state index is 14.6. The van der Waals surface area contributed by atoms with Gasteiger partial charge >= 0.3 is 5.97 Å². The van der Waals surface area contributed by atoms with E-state index in [0.717, 1.165) is 32.2 Å². The number of rotatable bonds is 3. The van der Waals surface area contributed by atoms with Crippen LogP contribution in [0.25, 0.3) is 0 Å². The van der Waals surface area contributed by atoms with Crippen LogP contribution in [-0.4, -0.2) is 35.0 Å².